The van der Waals surface area contributed by atoms with Gasteiger partial charge in [0.1, 0.15) is 10.1 Å². The number of hydrazone groups is 1. The molecule has 6 nitrogen and oxygen atoms in total. The summed E-state index contributed by atoms with van der Waals surface area (Å²) in [6.45, 7) is 3.69. The molecule has 3 rings (SSSR count). The van der Waals surface area contributed by atoms with Crippen molar-refractivity contribution in [1.82, 2.24) is 10.7 Å². The van der Waals surface area contributed by atoms with Crippen LogP contribution in [0, 0.1) is 6.92 Å². The molecular formula is C21H19N3O3S2. The lowest BCUT2D eigenvalue weighted by Gasteiger charge is -2.06. The lowest BCUT2D eigenvalue weighted by Crippen LogP contribution is -2.25. The number of carbonyl (C=O) groups excluding carboxylic acids is 2. The average molecular weight is 426 g/mol. The lowest BCUT2D eigenvalue weighted by molar-refractivity contribution is -0.123. The van der Waals surface area contributed by atoms with E-state index in [2.05, 4.69) is 15.8 Å². The number of nitrogens with one attached hydrogen (secondary N) is 2. The van der Waals surface area contributed by atoms with Crippen LogP contribution in [-0.4, -0.2) is 28.5 Å². The Morgan fingerprint density at radius 2 is 1.90 bits per heavy atom. The van der Waals surface area contributed by atoms with E-state index in [1.54, 1.807) is 30.3 Å². The van der Waals surface area contributed by atoms with E-state index in [-0.39, 0.29) is 18.4 Å². The smallest absolute Gasteiger partial charge is 0.277 e. The highest BCUT2D eigenvalue weighted by molar-refractivity contribution is 8.26. The number of amides is 2. The van der Waals surface area contributed by atoms with E-state index < -0.39 is 0 Å². The Balaban J connectivity index is 1.50. The summed E-state index contributed by atoms with van der Waals surface area (Å²) in [7, 11) is 0. The Bertz CT molecular complexity index is 997. The predicted octanol–water partition coefficient (Wildman–Crippen LogP) is 3.40. The molecule has 1 saturated heterocycles. The molecule has 148 valence electrons. The fraction of sp³-hybridized carbons (Fsp3) is 0.143. The molecule has 1 aliphatic rings. The summed E-state index contributed by atoms with van der Waals surface area (Å²) in [4.78, 5) is 24.2. The van der Waals surface area contributed by atoms with Crippen LogP contribution in [0.1, 0.15) is 23.6 Å². The number of carbonyl (C=O) groups is 2. The third-order valence-electron chi connectivity index (χ3n) is 4.01. The Morgan fingerprint density at radius 3 is 2.52 bits per heavy atom. The van der Waals surface area contributed by atoms with Crippen molar-refractivity contribution in [1.29, 1.82) is 0 Å². The summed E-state index contributed by atoms with van der Waals surface area (Å²) in [5.74, 6) is -0.00531. The van der Waals surface area contributed by atoms with E-state index in [1.807, 2.05) is 38.1 Å². The van der Waals surface area contributed by atoms with E-state index in [0.717, 1.165) is 16.7 Å². The summed E-state index contributed by atoms with van der Waals surface area (Å²) >= 11 is 6.19. The normalized spacial score (nSPS) is 15.4. The van der Waals surface area contributed by atoms with Gasteiger partial charge in [-0.2, -0.15) is 5.10 Å². The molecule has 0 aliphatic carbocycles. The highest BCUT2D eigenvalue weighted by Crippen LogP contribution is 2.26. The summed E-state index contributed by atoms with van der Waals surface area (Å²) in [6.07, 6.45) is 1.75. The van der Waals surface area contributed by atoms with Crippen LogP contribution in [0.15, 0.2) is 58.5 Å². The third-order valence-corrected chi connectivity index (χ3v) is 5.17. The van der Waals surface area contributed by atoms with Crippen molar-refractivity contribution in [2.75, 3.05) is 6.61 Å². The first kappa shape index (κ1) is 20.8. The molecule has 0 radical (unpaired) electrons. The molecule has 2 aromatic rings. The first-order chi connectivity index (χ1) is 13.9. The van der Waals surface area contributed by atoms with Crippen molar-refractivity contribution >= 4 is 51.9 Å². The second kappa shape index (κ2) is 9.49. The number of nitrogens with zero attached hydrogens (tertiary/aromatic N) is 1. The minimum atomic E-state index is -0.352. The SMILES string of the molecule is CC(=NNC(=O)COc1ccc(C=C2SC(=S)NC2=O)cc1)c1ccc(C)cc1. The van der Waals surface area contributed by atoms with Crippen molar-refractivity contribution in [3.63, 3.8) is 0 Å². The van der Waals surface area contributed by atoms with Crippen LogP contribution in [0.4, 0.5) is 0 Å². The van der Waals surface area contributed by atoms with Gasteiger partial charge in [0.2, 0.25) is 0 Å². The Kier molecular flexibility index (Phi) is 6.79. The van der Waals surface area contributed by atoms with Crippen molar-refractivity contribution in [2.45, 2.75) is 13.8 Å². The first-order valence-corrected chi connectivity index (χ1v) is 10.0. The molecule has 1 heterocycles. The average Bonchev–Trinajstić information content (AvgIpc) is 3.02. The standard InChI is InChI=1S/C21H19N3O3S2/c1-13-3-7-16(8-4-13)14(2)23-24-19(25)12-27-17-9-5-15(6-10-17)11-18-20(26)22-21(28)29-18/h3-11H,12H2,1-2H3,(H,24,25)(H,22,26,28). The van der Waals surface area contributed by atoms with Crippen molar-refractivity contribution in [3.8, 4) is 5.75 Å². The number of hydrogen-bond acceptors (Lipinski definition) is 6. The van der Waals surface area contributed by atoms with Gasteiger partial charge in [-0.05, 0) is 43.2 Å². The number of thiocarbonyl (C=S) groups is 1. The van der Waals surface area contributed by atoms with Gasteiger partial charge >= 0.3 is 0 Å². The van der Waals surface area contributed by atoms with Crippen LogP contribution in [0.25, 0.3) is 6.08 Å². The van der Waals surface area contributed by atoms with Gasteiger partial charge in [0, 0.05) is 0 Å². The number of ether oxygens (including phenoxy) is 1. The third kappa shape index (κ3) is 6.00. The highest BCUT2D eigenvalue weighted by atomic mass is 32.2. The summed E-state index contributed by atoms with van der Waals surface area (Å²) in [5, 5.41) is 6.67. The Labute approximate surface area is 178 Å². The van der Waals surface area contributed by atoms with Crippen LogP contribution < -0.4 is 15.5 Å². The minimum absolute atomic E-state index is 0.155. The molecule has 0 saturated carbocycles. The molecule has 1 aliphatic heterocycles. The molecule has 8 heteroatoms. The zero-order valence-corrected chi connectivity index (χ0v) is 17.5. The van der Waals surface area contributed by atoms with Gasteiger partial charge < -0.3 is 10.1 Å². The molecule has 2 aromatic carbocycles. The van der Waals surface area contributed by atoms with Gasteiger partial charge in [-0.15, -0.1) is 0 Å². The molecule has 2 amide bonds. The van der Waals surface area contributed by atoms with E-state index >= 15 is 0 Å². The number of thioether (sulfide) groups is 1. The fourth-order valence-corrected chi connectivity index (χ4v) is 3.46. The molecule has 0 bridgehead atoms. The van der Waals surface area contributed by atoms with E-state index in [4.69, 9.17) is 17.0 Å². The molecule has 1 fully saturated rings. The molecule has 0 unspecified atom stereocenters. The topological polar surface area (TPSA) is 79.8 Å². The van der Waals surface area contributed by atoms with Crippen molar-refractivity contribution in [2.24, 2.45) is 5.10 Å². The van der Waals surface area contributed by atoms with E-state index in [1.165, 1.54) is 11.8 Å². The van der Waals surface area contributed by atoms with Gasteiger partial charge in [0.05, 0.1) is 10.6 Å². The lowest BCUT2D eigenvalue weighted by atomic mass is 10.1. The van der Waals surface area contributed by atoms with Crippen LogP contribution in [0.3, 0.4) is 0 Å². The van der Waals surface area contributed by atoms with Gasteiger partial charge in [-0.3, -0.25) is 9.59 Å². The van der Waals surface area contributed by atoms with Crippen molar-refractivity contribution in [3.05, 3.63) is 70.1 Å². The summed E-state index contributed by atoms with van der Waals surface area (Å²) in [6, 6.07) is 15.0. The predicted molar refractivity (Wildman–Crippen MR) is 120 cm³/mol. The second-order valence-corrected chi connectivity index (χ2v) is 8.03. The zero-order valence-electron chi connectivity index (χ0n) is 15.9. The fourth-order valence-electron chi connectivity index (χ4n) is 2.42. The molecule has 0 spiro atoms. The van der Waals surface area contributed by atoms with Gasteiger partial charge in [-0.25, -0.2) is 5.43 Å². The number of aryl methyl sites for hydroxylation is 1. The molecule has 29 heavy (non-hydrogen) atoms. The van der Waals surface area contributed by atoms with Crippen LogP contribution in [0.2, 0.25) is 0 Å². The number of rotatable bonds is 6. The quantitative estimate of drug-likeness (QED) is 0.321. The maximum absolute atomic E-state index is 12.0. The summed E-state index contributed by atoms with van der Waals surface area (Å²) < 4.78 is 5.93. The van der Waals surface area contributed by atoms with Crippen LogP contribution in [-0.2, 0) is 9.59 Å². The summed E-state index contributed by atoms with van der Waals surface area (Å²) in [5.41, 5.74) is 6.14. The van der Waals surface area contributed by atoms with E-state index in [0.29, 0.717) is 20.7 Å². The monoisotopic (exact) mass is 425 g/mol. The largest absolute Gasteiger partial charge is 0.484 e. The highest BCUT2D eigenvalue weighted by Gasteiger charge is 2.21. The number of hydrogen-bond donors (Lipinski definition) is 2. The zero-order chi connectivity index (χ0) is 20.8. The van der Waals surface area contributed by atoms with Gasteiger partial charge in [0.15, 0.2) is 6.61 Å². The van der Waals surface area contributed by atoms with Gasteiger partial charge in [-0.1, -0.05) is 65.9 Å². The van der Waals surface area contributed by atoms with E-state index in [9.17, 15) is 9.59 Å². The molecule has 0 aromatic heterocycles. The van der Waals surface area contributed by atoms with Crippen LogP contribution in [0.5, 0.6) is 5.75 Å². The second-order valence-electron chi connectivity index (χ2n) is 6.31. The first-order valence-electron chi connectivity index (χ1n) is 8.78. The molecular weight excluding hydrogens is 406 g/mol. The minimum Gasteiger partial charge on any atom is -0.484 e. The Hall–Kier alpha value is -2.97. The number of benzene rings is 2. The maximum Gasteiger partial charge on any atom is 0.277 e. The van der Waals surface area contributed by atoms with Gasteiger partial charge in [0.25, 0.3) is 11.8 Å². The van der Waals surface area contributed by atoms with Crippen LogP contribution >= 0.6 is 24.0 Å². The van der Waals surface area contributed by atoms with Crippen molar-refractivity contribution < 1.29 is 14.3 Å². The Morgan fingerprint density at radius 1 is 1.21 bits per heavy atom. The molecule has 0 atom stereocenters. The maximum atomic E-state index is 12.0. The molecule has 2 N–H and O–H groups in total.